The molecule has 0 atom stereocenters. The molecule has 1 fully saturated rings. The number of halogens is 3. The minimum atomic E-state index is -2.47. The van der Waals surface area contributed by atoms with E-state index < -0.39 is 13.0 Å². The number of nitrogens with zero attached hydrogens (tertiary/aromatic N) is 2. The summed E-state index contributed by atoms with van der Waals surface area (Å²) in [5, 5.41) is 3.35. The highest BCUT2D eigenvalue weighted by molar-refractivity contribution is 14.0. The number of nitrogens with one attached hydrogen (secondary N) is 1. The van der Waals surface area contributed by atoms with Crippen LogP contribution in [0, 0.1) is 0 Å². The van der Waals surface area contributed by atoms with Crippen molar-refractivity contribution in [1.82, 2.24) is 10.2 Å². The van der Waals surface area contributed by atoms with Gasteiger partial charge in [-0.15, -0.1) is 24.0 Å². The standard InChI is InChI=1S/C17H25F2N3OS.HI/c1-17(2)12-22(7-8-24-17)16(20-3)21-10-13-5-4-6-14(9-13)23-11-15(18)19;/h4-6,9,15H,7-8,10-12H2,1-3H3,(H,20,21);1H. The SMILES string of the molecule is CN=C(NCc1cccc(OCC(F)F)c1)N1CCSC(C)(C)C1.I. The zero-order chi connectivity index (χ0) is 17.6. The second-order valence-corrected chi connectivity index (χ2v) is 8.08. The van der Waals surface area contributed by atoms with Crippen LogP contribution in [0.1, 0.15) is 19.4 Å². The van der Waals surface area contributed by atoms with E-state index in [1.54, 1.807) is 25.2 Å². The molecule has 0 unspecified atom stereocenters. The van der Waals surface area contributed by atoms with Gasteiger partial charge in [0.1, 0.15) is 12.4 Å². The molecule has 0 aromatic heterocycles. The number of ether oxygens (including phenoxy) is 1. The monoisotopic (exact) mass is 485 g/mol. The molecular formula is C17H26F2IN3OS. The lowest BCUT2D eigenvalue weighted by Gasteiger charge is -2.39. The zero-order valence-electron chi connectivity index (χ0n) is 14.8. The fourth-order valence-electron chi connectivity index (χ4n) is 2.62. The Labute approximate surface area is 169 Å². The molecule has 1 aromatic rings. The average molecular weight is 485 g/mol. The van der Waals surface area contributed by atoms with Gasteiger partial charge in [0, 0.05) is 37.2 Å². The maximum absolute atomic E-state index is 12.2. The number of hydrogen-bond acceptors (Lipinski definition) is 3. The first-order valence-electron chi connectivity index (χ1n) is 7.99. The van der Waals surface area contributed by atoms with Gasteiger partial charge in [-0.25, -0.2) is 8.78 Å². The van der Waals surface area contributed by atoms with Crippen LogP contribution in [0.2, 0.25) is 0 Å². The van der Waals surface area contributed by atoms with Crippen molar-refractivity contribution < 1.29 is 13.5 Å². The molecule has 25 heavy (non-hydrogen) atoms. The van der Waals surface area contributed by atoms with Gasteiger partial charge < -0.3 is 15.0 Å². The summed E-state index contributed by atoms with van der Waals surface area (Å²) in [7, 11) is 1.78. The van der Waals surface area contributed by atoms with Crippen molar-refractivity contribution in [1.29, 1.82) is 0 Å². The quantitative estimate of drug-likeness (QED) is 0.391. The molecule has 0 saturated carbocycles. The van der Waals surface area contributed by atoms with Crippen molar-refractivity contribution in [2.45, 2.75) is 31.6 Å². The lowest BCUT2D eigenvalue weighted by atomic mass is 10.2. The molecule has 1 aliphatic heterocycles. The fraction of sp³-hybridized carbons (Fsp3) is 0.588. The van der Waals surface area contributed by atoms with Crippen molar-refractivity contribution in [2.75, 3.05) is 32.5 Å². The van der Waals surface area contributed by atoms with E-state index in [0.717, 1.165) is 30.4 Å². The number of aliphatic imine (C=N–C) groups is 1. The third kappa shape index (κ3) is 7.55. The minimum Gasteiger partial charge on any atom is -0.488 e. The van der Waals surface area contributed by atoms with E-state index in [0.29, 0.717) is 12.3 Å². The van der Waals surface area contributed by atoms with Crippen LogP contribution in [0.15, 0.2) is 29.3 Å². The van der Waals surface area contributed by atoms with Gasteiger partial charge in [-0.05, 0) is 31.5 Å². The Bertz CT molecular complexity index is 573. The number of rotatable bonds is 5. The maximum Gasteiger partial charge on any atom is 0.272 e. The van der Waals surface area contributed by atoms with Crippen LogP contribution in [-0.4, -0.2) is 54.5 Å². The molecule has 0 bridgehead atoms. The van der Waals surface area contributed by atoms with Crippen LogP contribution in [0.4, 0.5) is 8.78 Å². The topological polar surface area (TPSA) is 36.9 Å². The van der Waals surface area contributed by atoms with Gasteiger partial charge in [-0.2, -0.15) is 11.8 Å². The summed E-state index contributed by atoms with van der Waals surface area (Å²) in [6.45, 7) is 6.36. The maximum atomic E-state index is 12.2. The van der Waals surface area contributed by atoms with Crippen LogP contribution in [0.5, 0.6) is 5.75 Å². The molecule has 2 rings (SSSR count). The Kier molecular flexibility index (Phi) is 9.26. The number of alkyl halides is 2. The molecule has 0 aliphatic carbocycles. The Hall–Kier alpha value is -0.770. The average Bonchev–Trinajstić information content (AvgIpc) is 2.53. The smallest absolute Gasteiger partial charge is 0.272 e. The number of hydrogen-bond donors (Lipinski definition) is 1. The normalized spacial score (nSPS) is 17.2. The van der Waals surface area contributed by atoms with Crippen molar-refractivity contribution in [3.63, 3.8) is 0 Å². The van der Waals surface area contributed by atoms with Crippen LogP contribution < -0.4 is 10.1 Å². The molecular weight excluding hydrogens is 459 g/mol. The van der Waals surface area contributed by atoms with Gasteiger partial charge in [0.05, 0.1) is 0 Å². The van der Waals surface area contributed by atoms with E-state index in [9.17, 15) is 8.78 Å². The number of guanidine groups is 1. The Morgan fingerprint density at radius 1 is 1.44 bits per heavy atom. The van der Waals surface area contributed by atoms with E-state index in [1.807, 2.05) is 17.8 Å². The Morgan fingerprint density at radius 3 is 2.84 bits per heavy atom. The molecule has 0 radical (unpaired) electrons. The van der Waals surface area contributed by atoms with Gasteiger partial charge in [0.15, 0.2) is 5.96 Å². The molecule has 142 valence electrons. The van der Waals surface area contributed by atoms with E-state index in [2.05, 4.69) is 29.1 Å². The van der Waals surface area contributed by atoms with Gasteiger partial charge >= 0.3 is 0 Å². The first-order chi connectivity index (χ1) is 11.4. The lowest BCUT2D eigenvalue weighted by Crippen LogP contribution is -2.50. The predicted octanol–water partition coefficient (Wildman–Crippen LogP) is 3.85. The van der Waals surface area contributed by atoms with E-state index in [1.165, 1.54) is 0 Å². The van der Waals surface area contributed by atoms with Crippen LogP contribution in [0.3, 0.4) is 0 Å². The second kappa shape index (κ2) is 10.4. The van der Waals surface area contributed by atoms with E-state index >= 15 is 0 Å². The minimum absolute atomic E-state index is 0. The molecule has 1 aliphatic rings. The van der Waals surface area contributed by atoms with Crippen LogP contribution in [0.25, 0.3) is 0 Å². The van der Waals surface area contributed by atoms with Gasteiger partial charge in [-0.3, -0.25) is 4.99 Å². The summed E-state index contributed by atoms with van der Waals surface area (Å²) in [6, 6.07) is 7.20. The number of benzene rings is 1. The molecule has 1 N–H and O–H groups in total. The van der Waals surface area contributed by atoms with Gasteiger partial charge in [-0.1, -0.05) is 12.1 Å². The summed E-state index contributed by atoms with van der Waals surface area (Å²) in [4.78, 5) is 6.62. The molecule has 1 heterocycles. The van der Waals surface area contributed by atoms with Gasteiger partial charge in [0.25, 0.3) is 6.43 Å². The zero-order valence-corrected chi connectivity index (χ0v) is 17.9. The third-order valence-electron chi connectivity index (χ3n) is 3.66. The van der Waals surface area contributed by atoms with Crippen molar-refractivity contribution in [3.8, 4) is 5.75 Å². The van der Waals surface area contributed by atoms with Gasteiger partial charge in [0.2, 0.25) is 0 Å². The van der Waals surface area contributed by atoms with Crippen molar-refractivity contribution >= 4 is 41.7 Å². The first kappa shape index (κ1) is 22.3. The largest absolute Gasteiger partial charge is 0.488 e. The molecule has 4 nitrogen and oxygen atoms in total. The highest BCUT2D eigenvalue weighted by atomic mass is 127. The summed E-state index contributed by atoms with van der Waals surface area (Å²) < 4.78 is 29.7. The van der Waals surface area contributed by atoms with Crippen molar-refractivity contribution in [3.05, 3.63) is 29.8 Å². The van der Waals surface area contributed by atoms with Crippen LogP contribution >= 0.6 is 35.7 Å². The summed E-state index contributed by atoms with van der Waals surface area (Å²) in [5.41, 5.74) is 0.966. The predicted molar refractivity (Wildman–Crippen MR) is 112 cm³/mol. The molecule has 1 saturated heterocycles. The molecule has 1 aromatic carbocycles. The van der Waals surface area contributed by atoms with E-state index in [4.69, 9.17) is 4.74 Å². The summed E-state index contributed by atoms with van der Waals surface area (Å²) >= 11 is 1.97. The summed E-state index contributed by atoms with van der Waals surface area (Å²) in [6.07, 6.45) is -2.47. The second-order valence-electron chi connectivity index (χ2n) is 6.28. The highest BCUT2D eigenvalue weighted by Crippen LogP contribution is 2.29. The lowest BCUT2D eigenvalue weighted by molar-refractivity contribution is 0.0818. The fourth-order valence-corrected chi connectivity index (χ4v) is 3.73. The van der Waals surface area contributed by atoms with Crippen LogP contribution in [-0.2, 0) is 6.54 Å². The molecule has 0 amide bonds. The van der Waals surface area contributed by atoms with Crippen molar-refractivity contribution in [2.24, 2.45) is 4.99 Å². The Morgan fingerprint density at radius 2 is 2.20 bits per heavy atom. The summed E-state index contributed by atoms with van der Waals surface area (Å²) in [5.74, 6) is 2.40. The molecule has 8 heteroatoms. The molecule has 0 spiro atoms. The Balaban J connectivity index is 0.00000312. The third-order valence-corrected chi connectivity index (χ3v) is 4.96. The highest BCUT2D eigenvalue weighted by Gasteiger charge is 2.28. The van der Waals surface area contributed by atoms with E-state index in [-0.39, 0.29) is 28.7 Å². The first-order valence-corrected chi connectivity index (χ1v) is 8.97. The number of thioether (sulfide) groups is 1.